The molecule has 2 atom stereocenters. The van der Waals surface area contributed by atoms with E-state index in [0.717, 1.165) is 18.4 Å². The summed E-state index contributed by atoms with van der Waals surface area (Å²) in [5.74, 6) is -1.33. The second-order valence-electron chi connectivity index (χ2n) is 6.38. The third-order valence-electron chi connectivity index (χ3n) is 4.67. The fourth-order valence-electron chi connectivity index (χ4n) is 3.41. The third-order valence-corrected chi connectivity index (χ3v) is 4.67. The lowest BCUT2D eigenvalue weighted by Crippen LogP contribution is -2.49. The van der Waals surface area contributed by atoms with E-state index in [-0.39, 0.29) is 18.2 Å². The van der Waals surface area contributed by atoms with Crippen molar-refractivity contribution in [2.45, 2.75) is 38.6 Å². The van der Waals surface area contributed by atoms with E-state index in [1.54, 1.807) is 18.1 Å². The van der Waals surface area contributed by atoms with Gasteiger partial charge in [-0.05, 0) is 18.9 Å². The summed E-state index contributed by atoms with van der Waals surface area (Å²) in [6.45, 7) is 2.17. The van der Waals surface area contributed by atoms with Gasteiger partial charge in [-0.2, -0.15) is 0 Å². The molecule has 1 aromatic rings. The molecule has 1 heterocycles. The number of aliphatic carboxylic acids is 1. The standard InChI is InChI=1S/C19H26N2O5/c1-3-4-11-21-16(22)10-9-14(19(25)20-12-17(23)24)18(21)13-7-5-6-8-15(13)26-2/h5-8,14,18H,3-4,9-12H2,1-2H3,(H,20,25)(H,23,24)/t14-,18-/m0/s1. The highest BCUT2D eigenvalue weighted by atomic mass is 16.5. The largest absolute Gasteiger partial charge is 0.496 e. The normalized spacial score (nSPS) is 19.9. The average Bonchev–Trinajstić information content (AvgIpc) is 2.64. The summed E-state index contributed by atoms with van der Waals surface area (Å²) in [5, 5.41) is 11.3. The van der Waals surface area contributed by atoms with Gasteiger partial charge in [0.25, 0.3) is 0 Å². The Morgan fingerprint density at radius 3 is 2.73 bits per heavy atom. The highest BCUT2D eigenvalue weighted by molar-refractivity contribution is 5.87. The van der Waals surface area contributed by atoms with Crippen LogP contribution in [-0.4, -0.2) is 48.0 Å². The molecule has 0 bridgehead atoms. The second kappa shape index (κ2) is 9.22. The van der Waals surface area contributed by atoms with Crippen molar-refractivity contribution in [1.29, 1.82) is 0 Å². The Balaban J connectivity index is 2.39. The van der Waals surface area contributed by atoms with Crippen molar-refractivity contribution in [1.82, 2.24) is 10.2 Å². The monoisotopic (exact) mass is 362 g/mol. The van der Waals surface area contributed by atoms with Crippen LogP contribution in [0.5, 0.6) is 5.75 Å². The van der Waals surface area contributed by atoms with E-state index in [9.17, 15) is 14.4 Å². The number of carbonyl (C=O) groups is 3. The van der Waals surface area contributed by atoms with Crippen LogP contribution in [0.3, 0.4) is 0 Å². The maximum absolute atomic E-state index is 12.7. The molecule has 0 radical (unpaired) electrons. The van der Waals surface area contributed by atoms with Gasteiger partial charge in [-0.25, -0.2) is 0 Å². The number of ether oxygens (including phenoxy) is 1. The fourth-order valence-corrected chi connectivity index (χ4v) is 3.41. The van der Waals surface area contributed by atoms with E-state index >= 15 is 0 Å². The molecule has 2 N–H and O–H groups in total. The molecule has 7 nitrogen and oxygen atoms in total. The molecule has 0 unspecified atom stereocenters. The van der Waals surface area contributed by atoms with Gasteiger partial charge in [0.15, 0.2) is 0 Å². The van der Waals surface area contributed by atoms with Crippen LogP contribution in [-0.2, 0) is 14.4 Å². The minimum atomic E-state index is -1.10. The van der Waals surface area contributed by atoms with E-state index in [2.05, 4.69) is 5.32 Å². The van der Waals surface area contributed by atoms with Crippen LogP contribution in [0.25, 0.3) is 0 Å². The maximum atomic E-state index is 12.7. The molecule has 1 aromatic carbocycles. The zero-order chi connectivity index (χ0) is 19.1. The number of carboxylic acid groups (broad SMARTS) is 1. The Kier molecular flexibility index (Phi) is 7.00. The fraction of sp³-hybridized carbons (Fsp3) is 0.526. The Morgan fingerprint density at radius 2 is 2.08 bits per heavy atom. The molecule has 26 heavy (non-hydrogen) atoms. The number of carboxylic acids is 1. The predicted molar refractivity (Wildman–Crippen MR) is 95.7 cm³/mol. The number of hydrogen-bond acceptors (Lipinski definition) is 4. The van der Waals surface area contributed by atoms with Gasteiger partial charge in [-0.1, -0.05) is 31.5 Å². The lowest BCUT2D eigenvalue weighted by atomic mass is 9.83. The molecule has 0 spiro atoms. The molecule has 142 valence electrons. The number of methoxy groups -OCH3 is 1. The zero-order valence-electron chi connectivity index (χ0n) is 15.2. The number of benzene rings is 1. The van der Waals surface area contributed by atoms with E-state index in [1.165, 1.54) is 0 Å². The Labute approximate surface area is 153 Å². The Hall–Kier alpha value is -2.57. The number of unbranched alkanes of at least 4 members (excludes halogenated alkanes) is 1. The van der Waals surface area contributed by atoms with Crippen molar-refractivity contribution in [3.05, 3.63) is 29.8 Å². The van der Waals surface area contributed by atoms with Crippen LogP contribution in [0, 0.1) is 5.92 Å². The minimum absolute atomic E-state index is 0.0108. The van der Waals surface area contributed by atoms with Gasteiger partial charge in [0.2, 0.25) is 11.8 Å². The van der Waals surface area contributed by atoms with E-state index in [1.807, 2.05) is 25.1 Å². The van der Waals surface area contributed by atoms with Crippen molar-refractivity contribution in [2.24, 2.45) is 5.92 Å². The SMILES string of the molecule is CCCCN1C(=O)CC[C@H](C(=O)NCC(=O)O)[C@@H]1c1ccccc1OC. The van der Waals surface area contributed by atoms with Crippen LogP contribution in [0.15, 0.2) is 24.3 Å². The van der Waals surface area contributed by atoms with Gasteiger partial charge in [-0.15, -0.1) is 0 Å². The van der Waals surface area contributed by atoms with Gasteiger partial charge in [0.05, 0.1) is 19.1 Å². The lowest BCUT2D eigenvalue weighted by Gasteiger charge is -2.41. The maximum Gasteiger partial charge on any atom is 0.322 e. The van der Waals surface area contributed by atoms with Crippen LogP contribution in [0.2, 0.25) is 0 Å². The number of amides is 2. The highest BCUT2D eigenvalue weighted by Gasteiger charge is 2.41. The van der Waals surface area contributed by atoms with Gasteiger partial charge in [0.1, 0.15) is 12.3 Å². The number of nitrogens with zero attached hydrogens (tertiary/aromatic N) is 1. The number of rotatable bonds is 8. The highest BCUT2D eigenvalue weighted by Crippen LogP contribution is 2.40. The lowest BCUT2D eigenvalue weighted by molar-refractivity contribution is -0.145. The Bertz CT molecular complexity index is 661. The predicted octanol–water partition coefficient (Wildman–Crippen LogP) is 1.98. The van der Waals surface area contributed by atoms with Gasteiger partial charge >= 0.3 is 5.97 Å². The molecular formula is C19H26N2O5. The first-order valence-corrected chi connectivity index (χ1v) is 8.91. The number of carbonyl (C=O) groups excluding carboxylic acids is 2. The minimum Gasteiger partial charge on any atom is -0.496 e. The molecule has 1 aliphatic heterocycles. The summed E-state index contributed by atoms with van der Waals surface area (Å²) in [6, 6.07) is 6.88. The summed E-state index contributed by atoms with van der Waals surface area (Å²) in [5.41, 5.74) is 0.773. The summed E-state index contributed by atoms with van der Waals surface area (Å²) < 4.78 is 5.45. The molecule has 0 aromatic heterocycles. The molecule has 1 fully saturated rings. The smallest absolute Gasteiger partial charge is 0.322 e. The number of hydrogen-bond donors (Lipinski definition) is 2. The summed E-state index contributed by atoms with van der Waals surface area (Å²) >= 11 is 0. The molecule has 1 aliphatic rings. The van der Waals surface area contributed by atoms with Crippen molar-refractivity contribution in [2.75, 3.05) is 20.2 Å². The molecule has 2 amide bonds. The molecule has 2 rings (SSSR count). The van der Waals surface area contributed by atoms with Crippen molar-refractivity contribution in [3.63, 3.8) is 0 Å². The van der Waals surface area contributed by atoms with Crippen LogP contribution in [0.4, 0.5) is 0 Å². The number of para-hydroxylation sites is 1. The van der Waals surface area contributed by atoms with Crippen LogP contribution in [0.1, 0.15) is 44.2 Å². The van der Waals surface area contributed by atoms with Crippen molar-refractivity contribution < 1.29 is 24.2 Å². The van der Waals surface area contributed by atoms with Gasteiger partial charge in [0, 0.05) is 18.5 Å². The number of nitrogens with one attached hydrogen (secondary N) is 1. The summed E-state index contributed by atoms with van der Waals surface area (Å²) in [4.78, 5) is 37.8. The molecule has 0 aliphatic carbocycles. The quantitative estimate of drug-likeness (QED) is 0.737. The van der Waals surface area contributed by atoms with E-state index < -0.39 is 24.5 Å². The van der Waals surface area contributed by atoms with Gasteiger partial charge < -0.3 is 20.1 Å². The molecule has 7 heteroatoms. The van der Waals surface area contributed by atoms with Crippen molar-refractivity contribution in [3.8, 4) is 5.75 Å². The van der Waals surface area contributed by atoms with Crippen molar-refractivity contribution >= 4 is 17.8 Å². The first-order valence-electron chi connectivity index (χ1n) is 8.91. The number of likely N-dealkylation sites (tertiary alicyclic amines) is 1. The van der Waals surface area contributed by atoms with Gasteiger partial charge in [-0.3, -0.25) is 14.4 Å². The topological polar surface area (TPSA) is 95.9 Å². The van der Waals surface area contributed by atoms with E-state index in [0.29, 0.717) is 18.7 Å². The molecule has 1 saturated heterocycles. The first-order chi connectivity index (χ1) is 12.5. The zero-order valence-corrected chi connectivity index (χ0v) is 15.2. The Morgan fingerprint density at radius 1 is 1.35 bits per heavy atom. The number of piperidine rings is 1. The molecular weight excluding hydrogens is 336 g/mol. The third kappa shape index (κ3) is 4.53. The van der Waals surface area contributed by atoms with E-state index in [4.69, 9.17) is 9.84 Å². The first kappa shape index (κ1) is 19.8. The summed E-state index contributed by atoms with van der Waals surface area (Å²) in [6.07, 6.45) is 2.43. The van der Waals surface area contributed by atoms with Crippen LogP contribution < -0.4 is 10.1 Å². The van der Waals surface area contributed by atoms with Crippen LogP contribution >= 0.6 is 0 Å². The second-order valence-corrected chi connectivity index (χ2v) is 6.38. The molecule has 0 saturated carbocycles. The summed E-state index contributed by atoms with van der Waals surface area (Å²) in [7, 11) is 1.55. The average molecular weight is 362 g/mol.